The van der Waals surface area contributed by atoms with Crippen LogP contribution < -0.4 is 15.8 Å². The van der Waals surface area contributed by atoms with Gasteiger partial charge in [0.1, 0.15) is 11.6 Å². The zero-order valence-corrected chi connectivity index (χ0v) is 18.8. The van der Waals surface area contributed by atoms with Gasteiger partial charge in [-0.1, -0.05) is 65.7 Å². The third-order valence-electron chi connectivity index (χ3n) is 4.94. The minimum absolute atomic E-state index is 0.0934. The van der Waals surface area contributed by atoms with Crippen LogP contribution in [-0.2, 0) is 4.79 Å². The zero-order chi connectivity index (χ0) is 23.4. The highest BCUT2D eigenvalue weighted by Gasteiger charge is 2.24. The van der Waals surface area contributed by atoms with Crippen molar-refractivity contribution in [3.63, 3.8) is 0 Å². The Kier molecular flexibility index (Phi) is 6.68. The number of rotatable bonds is 7. The number of hydrogen-bond donors (Lipinski definition) is 4. The van der Waals surface area contributed by atoms with E-state index in [2.05, 4.69) is 10.3 Å². The number of amidine groups is 1. The number of anilines is 1. The van der Waals surface area contributed by atoms with Gasteiger partial charge in [0.15, 0.2) is 0 Å². The summed E-state index contributed by atoms with van der Waals surface area (Å²) >= 11 is 12.9. The van der Waals surface area contributed by atoms with Gasteiger partial charge in [-0.15, -0.1) is 0 Å². The first-order valence-corrected chi connectivity index (χ1v) is 10.8. The molecule has 4 rings (SSSR count). The lowest BCUT2D eigenvalue weighted by Gasteiger charge is -2.20. The monoisotopic (exact) mass is 478 g/mol. The van der Waals surface area contributed by atoms with E-state index in [9.17, 15) is 4.79 Å². The van der Waals surface area contributed by atoms with Crippen LogP contribution in [0, 0.1) is 5.41 Å². The summed E-state index contributed by atoms with van der Waals surface area (Å²) in [5, 5.41) is 11.3. The fourth-order valence-corrected chi connectivity index (χ4v) is 3.84. The number of aromatic amines is 1. The van der Waals surface area contributed by atoms with E-state index < -0.39 is 12.0 Å². The highest BCUT2D eigenvalue weighted by atomic mass is 35.5. The fraction of sp³-hybridized carbons (Fsp3) is 0.0400. The van der Waals surface area contributed by atoms with Crippen LogP contribution in [0.4, 0.5) is 5.69 Å². The number of aromatic nitrogens is 1. The molecule has 0 bridgehead atoms. The predicted molar refractivity (Wildman–Crippen MR) is 132 cm³/mol. The molecule has 0 aliphatic rings. The minimum Gasteiger partial charge on any atom is -0.476 e. The summed E-state index contributed by atoms with van der Waals surface area (Å²) in [7, 11) is 0. The second-order valence-electron chi connectivity index (χ2n) is 7.25. The molecule has 5 N–H and O–H groups in total. The van der Waals surface area contributed by atoms with Crippen molar-refractivity contribution in [2.45, 2.75) is 6.10 Å². The largest absolute Gasteiger partial charge is 0.476 e. The van der Waals surface area contributed by atoms with Gasteiger partial charge in [-0.25, -0.2) is 0 Å². The van der Waals surface area contributed by atoms with Crippen LogP contribution in [0.1, 0.15) is 17.2 Å². The van der Waals surface area contributed by atoms with Gasteiger partial charge in [0.25, 0.3) is 5.91 Å². The number of benzene rings is 3. The van der Waals surface area contributed by atoms with Gasteiger partial charge < -0.3 is 20.8 Å². The molecule has 0 radical (unpaired) electrons. The van der Waals surface area contributed by atoms with Crippen molar-refractivity contribution < 1.29 is 9.53 Å². The molecule has 1 unspecified atom stereocenters. The van der Waals surface area contributed by atoms with Gasteiger partial charge in [0.05, 0.1) is 10.7 Å². The van der Waals surface area contributed by atoms with Gasteiger partial charge >= 0.3 is 0 Å². The number of carbonyl (C=O) groups excluding carboxylic acids is 1. The van der Waals surface area contributed by atoms with E-state index >= 15 is 0 Å². The van der Waals surface area contributed by atoms with Gasteiger partial charge in [-0.2, -0.15) is 0 Å². The smallest absolute Gasteiger partial charge is 0.270 e. The molecule has 1 aromatic heterocycles. The van der Waals surface area contributed by atoms with Gasteiger partial charge in [0, 0.05) is 39.7 Å². The van der Waals surface area contributed by atoms with E-state index in [1.165, 1.54) is 0 Å². The summed E-state index contributed by atoms with van der Waals surface area (Å²) in [5.41, 5.74) is 8.63. The second-order valence-corrected chi connectivity index (χ2v) is 8.07. The molecular weight excluding hydrogens is 459 g/mol. The maximum atomic E-state index is 13.4. The molecule has 3 aromatic carbocycles. The third kappa shape index (κ3) is 5.19. The van der Waals surface area contributed by atoms with Crippen LogP contribution in [-0.4, -0.2) is 16.7 Å². The summed E-state index contributed by atoms with van der Waals surface area (Å²) in [6.45, 7) is 0. The number of H-pyrrole nitrogens is 1. The van der Waals surface area contributed by atoms with Crippen molar-refractivity contribution in [1.29, 1.82) is 5.41 Å². The highest BCUT2D eigenvalue weighted by molar-refractivity contribution is 6.38. The van der Waals surface area contributed by atoms with E-state index in [0.717, 1.165) is 5.56 Å². The Morgan fingerprint density at radius 2 is 1.82 bits per heavy atom. The third-order valence-corrected chi connectivity index (χ3v) is 5.57. The quantitative estimate of drug-likeness (QED) is 0.192. The molecule has 1 amide bonds. The zero-order valence-electron chi connectivity index (χ0n) is 17.3. The van der Waals surface area contributed by atoms with Crippen molar-refractivity contribution in [3.8, 4) is 16.9 Å². The molecular formula is C25H20Cl2N4O2. The fourth-order valence-electron chi connectivity index (χ4n) is 3.35. The maximum absolute atomic E-state index is 13.4. The number of halogens is 2. The van der Waals surface area contributed by atoms with Crippen LogP contribution >= 0.6 is 23.2 Å². The molecule has 0 aliphatic carbocycles. The number of hydrogen-bond acceptors (Lipinski definition) is 3. The van der Waals surface area contributed by atoms with E-state index in [1.807, 2.05) is 24.3 Å². The lowest BCUT2D eigenvalue weighted by atomic mass is 10.1. The first-order chi connectivity index (χ1) is 15.9. The Bertz CT molecular complexity index is 1290. The Hall–Kier alpha value is -3.74. The summed E-state index contributed by atoms with van der Waals surface area (Å²) < 4.78 is 6.05. The number of nitrogens with one attached hydrogen (secondary N) is 3. The SMILES string of the molecule is N=C(N)c1cccc(OC(C(=O)Nc2cc(Cl)cc(-c3cc[nH]c3)c2Cl)c2ccccc2)c1. The molecule has 0 spiro atoms. The number of carbonyl (C=O) groups is 1. The molecule has 0 saturated carbocycles. The van der Waals surface area contributed by atoms with Crippen LogP contribution in [0.3, 0.4) is 0 Å². The van der Waals surface area contributed by atoms with Gasteiger partial charge in [0.2, 0.25) is 6.10 Å². The molecule has 0 fully saturated rings. The van der Waals surface area contributed by atoms with E-state index in [1.54, 1.807) is 60.9 Å². The maximum Gasteiger partial charge on any atom is 0.270 e. The summed E-state index contributed by atoms with van der Waals surface area (Å²) in [6, 6.07) is 21.0. The van der Waals surface area contributed by atoms with E-state index in [-0.39, 0.29) is 5.84 Å². The molecule has 0 saturated heterocycles. The molecule has 4 aromatic rings. The van der Waals surface area contributed by atoms with Crippen molar-refractivity contribution in [2.24, 2.45) is 5.73 Å². The first-order valence-electron chi connectivity index (χ1n) is 10.0. The average Bonchev–Trinajstić information content (AvgIpc) is 3.35. The van der Waals surface area contributed by atoms with Crippen molar-refractivity contribution in [1.82, 2.24) is 4.98 Å². The Balaban J connectivity index is 1.67. The lowest BCUT2D eigenvalue weighted by Crippen LogP contribution is -2.26. The normalized spacial score (nSPS) is 11.6. The van der Waals surface area contributed by atoms with Crippen LogP contribution in [0.2, 0.25) is 10.0 Å². The first kappa shape index (κ1) is 22.5. The number of amides is 1. The average molecular weight is 479 g/mol. The molecule has 8 heteroatoms. The van der Waals surface area contributed by atoms with Crippen molar-refractivity contribution in [3.05, 3.63) is 106 Å². The molecule has 6 nitrogen and oxygen atoms in total. The highest BCUT2D eigenvalue weighted by Crippen LogP contribution is 2.37. The molecule has 33 heavy (non-hydrogen) atoms. The Morgan fingerprint density at radius 1 is 1.03 bits per heavy atom. The second kappa shape index (κ2) is 9.81. The minimum atomic E-state index is -0.987. The number of nitrogens with two attached hydrogens (primary N) is 1. The van der Waals surface area contributed by atoms with Crippen molar-refractivity contribution in [2.75, 3.05) is 5.32 Å². The lowest BCUT2D eigenvalue weighted by molar-refractivity contribution is -0.123. The van der Waals surface area contributed by atoms with Gasteiger partial charge in [-0.05, 0) is 30.3 Å². The van der Waals surface area contributed by atoms with Gasteiger partial charge in [-0.3, -0.25) is 10.2 Å². The molecule has 1 atom stereocenters. The molecule has 1 heterocycles. The Labute approximate surface area is 200 Å². The predicted octanol–water partition coefficient (Wildman–Crippen LogP) is 6.03. The molecule has 166 valence electrons. The Morgan fingerprint density at radius 3 is 2.52 bits per heavy atom. The molecule has 0 aliphatic heterocycles. The standard InChI is InChI=1S/C25H20Cl2N4O2/c26-18-12-20(17-9-10-30-14-17)22(27)21(13-18)31-25(32)23(15-5-2-1-3-6-15)33-19-8-4-7-16(11-19)24(28)29/h1-14,23,30H,(H3,28,29)(H,31,32). The van der Waals surface area contributed by atoms with E-state index in [0.29, 0.717) is 38.2 Å². The van der Waals surface area contributed by atoms with E-state index in [4.69, 9.17) is 39.1 Å². The topological polar surface area (TPSA) is 104 Å². The van der Waals surface area contributed by atoms with Crippen LogP contribution in [0.5, 0.6) is 5.75 Å². The van der Waals surface area contributed by atoms with Crippen LogP contribution in [0.25, 0.3) is 11.1 Å². The number of nitrogen functional groups attached to an aromatic ring is 1. The summed E-state index contributed by atoms with van der Waals surface area (Å²) in [6.07, 6.45) is 2.58. The summed E-state index contributed by atoms with van der Waals surface area (Å²) in [5.74, 6) is -0.125. The summed E-state index contributed by atoms with van der Waals surface area (Å²) in [4.78, 5) is 16.4. The van der Waals surface area contributed by atoms with Crippen LogP contribution in [0.15, 0.2) is 85.2 Å². The number of ether oxygens (including phenoxy) is 1. The van der Waals surface area contributed by atoms with Crippen molar-refractivity contribution >= 4 is 40.6 Å².